The van der Waals surface area contributed by atoms with Gasteiger partial charge in [0, 0.05) is 24.2 Å². The maximum absolute atomic E-state index is 6.07. The first kappa shape index (κ1) is 15.0. The predicted molar refractivity (Wildman–Crippen MR) is 85.9 cm³/mol. The molecule has 2 nitrogen and oxygen atoms in total. The highest BCUT2D eigenvalue weighted by atomic mass is 35.5. The lowest BCUT2D eigenvalue weighted by Gasteiger charge is -2.27. The third-order valence-electron chi connectivity index (χ3n) is 3.54. The van der Waals surface area contributed by atoms with Crippen LogP contribution < -0.4 is 5.73 Å². The molecule has 2 N–H and O–H groups in total. The summed E-state index contributed by atoms with van der Waals surface area (Å²) in [4.78, 5) is 2.26. The molecule has 1 atom stereocenters. The summed E-state index contributed by atoms with van der Waals surface area (Å²) in [5.74, 6) is 0. The van der Waals surface area contributed by atoms with Crippen LogP contribution in [0.15, 0.2) is 48.5 Å². The Hall–Kier alpha value is -1.35. The van der Waals surface area contributed by atoms with E-state index in [-0.39, 0.29) is 6.04 Å². The fraction of sp³-hybridized carbons (Fsp3) is 0.294. The second kappa shape index (κ2) is 6.89. The highest BCUT2D eigenvalue weighted by Crippen LogP contribution is 2.23. The van der Waals surface area contributed by atoms with E-state index in [1.54, 1.807) is 0 Å². The fourth-order valence-corrected chi connectivity index (χ4v) is 2.57. The molecule has 0 aliphatic heterocycles. The van der Waals surface area contributed by atoms with Gasteiger partial charge in [-0.25, -0.2) is 0 Å². The van der Waals surface area contributed by atoms with E-state index >= 15 is 0 Å². The molecule has 3 heteroatoms. The zero-order chi connectivity index (χ0) is 14.5. The summed E-state index contributed by atoms with van der Waals surface area (Å²) in [5.41, 5.74) is 9.68. The molecular weight excluding hydrogens is 268 g/mol. The number of nitrogens with two attached hydrogens (primary N) is 1. The van der Waals surface area contributed by atoms with Crippen molar-refractivity contribution < 1.29 is 0 Å². The number of halogens is 1. The molecule has 2 aromatic carbocycles. The third kappa shape index (κ3) is 3.83. The number of hydrogen-bond acceptors (Lipinski definition) is 2. The molecule has 0 fully saturated rings. The van der Waals surface area contributed by atoms with E-state index in [9.17, 15) is 0 Å². The van der Waals surface area contributed by atoms with Gasteiger partial charge in [-0.05, 0) is 37.2 Å². The second-order valence-corrected chi connectivity index (χ2v) is 5.64. The first-order valence-electron chi connectivity index (χ1n) is 6.81. The van der Waals surface area contributed by atoms with E-state index in [2.05, 4.69) is 49.2 Å². The summed E-state index contributed by atoms with van der Waals surface area (Å²) >= 11 is 6.07. The third-order valence-corrected chi connectivity index (χ3v) is 3.78. The van der Waals surface area contributed by atoms with Gasteiger partial charge in [0.15, 0.2) is 0 Å². The average Bonchev–Trinajstić information content (AvgIpc) is 2.42. The van der Waals surface area contributed by atoms with Crippen LogP contribution in [0.3, 0.4) is 0 Å². The molecule has 1 unspecified atom stereocenters. The Bertz CT molecular complexity index is 551. The van der Waals surface area contributed by atoms with Crippen LogP contribution in [-0.2, 0) is 6.54 Å². The Morgan fingerprint density at radius 1 is 1.15 bits per heavy atom. The Kier molecular flexibility index (Phi) is 5.18. The molecule has 0 spiro atoms. The van der Waals surface area contributed by atoms with Crippen molar-refractivity contribution >= 4 is 11.6 Å². The minimum absolute atomic E-state index is 0.176. The first-order chi connectivity index (χ1) is 9.60. The van der Waals surface area contributed by atoms with E-state index in [1.807, 2.05) is 18.2 Å². The standard InChI is InChI=1S/C17H21ClN2/c1-13-6-8-14(9-7-13)12-20(2)17(11-19)15-4-3-5-16(18)10-15/h3-10,17H,11-12,19H2,1-2H3. The quantitative estimate of drug-likeness (QED) is 0.907. The molecule has 2 rings (SSSR count). The van der Waals surface area contributed by atoms with Crippen molar-refractivity contribution in [3.8, 4) is 0 Å². The van der Waals surface area contributed by atoms with E-state index in [4.69, 9.17) is 17.3 Å². The summed E-state index contributed by atoms with van der Waals surface area (Å²) < 4.78 is 0. The Morgan fingerprint density at radius 2 is 1.85 bits per heavy atom. The van der Waals surface area contributed by atoms with Crippen molar-refractivity contribution in [1.82, 2.24) is 4.90 Å². The monoisotopic (exact) mass is 288 g/mol. The molecule has 0 aliphatic rings. The Balaban J connectivity index is 2.13. The highest BCUT2D eigenvalue weighted by Gasteiger charge is 2.15. The molecule has 0 aromatic heterocycles. The smallest absolute Gasteiger partial charge is 0.0471 e. The van der Waals surface area contributed by atoms with Crippen molar-refractivity contribution in [2.75, 3.05) is 13.6 Å². The van der Waals surface area contributed by atoms with E-state index < -0.39 is 0 Å². The minimum Gasteiger partial charge on any atom is -0.329 e. The van der Waals surface area contributed by atoms with Crippen molar-refractivity contribution in [2.45, 2.75) is 19.5 Å². The molecule has 0 saturated carbocycles. The van der Waals surface area contributed by atoms with Gasteiger partial charge in [-0.3, -0.25) is 4.90 Å². The fourth-order valence-electron chi connectivity index (χ4n) is 2.38. The van der Waals surface area contributed by atoms with Crippen LogP contribution in [0.2, 0.25) is 5.02 Å². The molecular formula is C17H21ClN2. The molecule has 0 radical (unpaired) electrons. The molecule has 0 amide bonds. The van der Waals surface area contributed by atoms with Gasteiger partial charge in [0.2, 0.25) is 0 Å². The zero-order valence-corrected chi connectivity index (χ0v) is 12.8. The Labute approximate surface area is 126 Å². The van der Waals surface area contributed by atoms with Crippen LogP contribution >= 0.6 is 11.6 Å². The second-order valence-electron chi connectivity index (χ2n) is 5.21. The molecule has 20 heavy (non-hydrogen) atoms. The summed E-state index contributed by atoms with van der Waals surface area (Å²) in [7, 11) is 2.10. The Morgan fingerprint density at radius 3 is 2.45 bits per heavy atom. The van der Waals surface area contributed by atoms with Gasteiger partial charge in [0.05, 0.1) is 0 Å². The predicted octanol–water partition coefficient (Wildman–Crippen LogP) is 3.78. The average molecular weight is 289 g/mol. The van der Waals surface area contributed by atoms with Crippen molar-refractivity contribution in [3.05, 3.63) is 70.2 Å². The summed E-state index contributed by atoms with van der Waals surface area (Å²) in [6.45, 7) is 3.54. The van der Waals surface area contributed by atoms with E-state index in [1.165, 1.54) is 11.1 Å². The summed E-state index contributed by atoms with van der Waals surface area (Å²) in [6.07, 6.45) is 0. The number of rotatable bonds is 5. The van der Waals surface area contributed by atoms with Gasteiger partial charge >= 0.3 is 0 Å². The largest absolute Gasteiger partial charge is 0.329 e. The number of hydrogen-bond donors (Lipinski definition) is 1. The van der Waals surface area contributed by atoms with Crippen LogP contribution in [0.5, 0.6) is 0 Å². The lowest BCUT2D eigenvalue weighted by atomic mass is 10.0. The van der Waals surface area contributed by atoms with Crippen LogP contribution in [0.1, 0.15) is 22.7 Å². The van der Waals surface area contributed by atoms with Crippen LogP contribution in [0, 0.1) is 6.92 Å². The van der Waals surface area contributed by atoms with Crippen LogP contribution in [0.25, 0.3) is 0 Å². The molecule has 0 aliphatic carbocycles. The summed E-state index contributed by atoms with van der Waals surface area (Å²) in [5, 5.41) is 0.754. The van der Waals surface area contributed by atoms with E-state index in [0.717, 1.165) is 17.1 Å². The normalized spacial score (nSPS) is 12.7. The lowest BCUT2D eigenvalue weighted by molar-refractivity contribution is 0.242. The van der Waals surface area contributed by atoms with Gasteiger partial charge in [-0.2, -0.15) is 0 Å². The number of likely N-dealkylation sites (N-methyl/N-ethyl adjacent to an activating group) is 1. The van der Waals surface area contributed by atoms with Crippen LogP contribution in [-0.4, -0.2) is 18.5 Å². The first-order valence-corrected chi connectivity index (χ1v) is 7.19. The number of benzene rings is 2. The molecule has 0 bridgehead atoms. The molecule has 106 valence electrons. The van der Waals surface area contributed by atoms with E-state index in [0.29, 0.717) is 6.54 Å². The topological polar surface area (TPSA) is 29.3 Å². The van der Waals surface area contributed by atoms with Crippen molar-refractivity contribution in [2.24, 2.45) is 5.73 Å². The summed E-state index contributed by atoms with van der Waals surface area (Å²) in [6, 6.07) is 16.7. The molecule has 0 saturated heterocycles. The SMILES string of the molecule is Cc1ccc(CN(C)C(CN)c2cccc(Cl)c2)cc1. The number of nitrogens with zero attached hydrogens (tertiary/aromatic N) is 1. The van der Waals surface area contributed by atoms with Crippen molar-refractivity contribution in [1.29, 1.82) is 0 Å². The van der Waals surface area contributed by atoms with Crippen molar-refractivity contribution in [3.63, 3.8) is 0 Å². The molecule has 0 heterocycles. The minimum atomic E-state index is 0.176. The van der Waals surface area contributed by atoms with Gasteiger partial charge in [-0.1, -0.05) is 53.6 Å². The number of aryl methyl sites for hydroxylation is 1. The maximum Gasteiger partial charge on any atom is 0.0471 e. The van der Waals surface area contributed by atoms with Gasteiger partial charge in [0.25, 0.3) is 0 Å². The highest BCUT2D eigenvalue weighted by molar-refractivity contribution is 6.30. The molecule has 2 aromatic rings. The van der Waals surface area contributed by atoms with Gasteiger partial charge < -0.3 is 5.73 Å². The maximum atomic E-state index is 6.07. The van der Waals surface area contributed by atoms with Gasteiger partial charge in [-0.15, -0.1) is 0 Å². The van der Waals surface area contributed by atoms with Gasteiger partial charge in [0.1, 0.15) is 0 Å². The zero-order valence-electron chi connectivity index (χ0n) is 12.0. The van der Waals surface area contributed by atoms with Crippen LogP contribution in [0.4, 0.5) is 0 Å². The lowest BCUT2D eigenvalue weighted by Crippen LogP contribution is -2.30.